The molecule has 2 aromatic rings. The minimum atomic E-state index is -0.316. The van der Waals surface area contributed by atoms with Crippen molar-refractivity contribution >= 4 is 0 Å². The lowest BCUT2D eigenvalue weighted by molar-refractivity contribution is 0.176. The van der Waals surface area contributed by atoms with Gasteiger partial charge in [0.05, 0.1) is 0 Å². The summed E-state index contributed by atoms with van der Waals surface area (Å²) < 4.78 is 6.10. The summed E-state index contributed by atoms with van der Waals surface area (Å²) in [6, 6.07) is 16.8. The molecule has 2 aromatic carbocycles. The van der Waals surface area contributed by atoms with Gasteiger partial charge in [-0.25, -0.2) is 0 Å². The maximum absolute atomic E-state index is 6.68. The maximum Gasteiger partial charge on any atom is 0.123 e. The Hall–Kier alpha value is -1.80. The Labute approximate surface area is 126 Å². The first-order valence-electron chi connectivity index (χ1n) is 7.71. The van der Waals surface area contributed by atoms with Gasteiger partial charge >= 0.3 is 0 Å². The monoisotopic (exact) mass is 281 g/mol. The largest absolute Gasteiger partial charge is 0.490 e. The van der Waals surface area contributed by atoms with Crippen molar-refractivity contribution in [1.82, 2.24) is 0 Å². The molecular weight excluding hydrogens is 258 g/mol. The van der Waals surface area contributed by atoms with Crippen LogP contribution in [0.4, 0.5) is 0 Å². The van der Waals surface area contributed by atoms with Crippen molar-refractivity contribution in [2.45, 2.75) is 44.8 Å². The molecule has 0 saturated carbocycles. The van der Waals surface area contributed by atoms with Crippen LogP contribution in [0.5, 0.6) is 5.75 Å². The van der Waals surface area contributed by atoms with E-state index in [9.17, 15) is 0 Å². The number of ether oxygens (including phenoxy) is 1. The number of aryl methyl sites for hydroxylation is 1. The first-order valence-corrected chi connectivity index (χ1v) is 7.71. The van der Waals surface area contributed by atoms with E-state index in [0.717, 1.165) is 25.0 Å². The van der Waals surface area contributed by atoms with Gasteiger partial charge in [-0.2, -0.15) is 0 Å². The van der Waals surface area contributed by atoms with Crippen LogP contribution >= 0.6 is 0 Å². The molecule has 2 heteroatoms. The zero-order chi connectivity index (χ0) is 14.9. The van der Waals surface area contributed by atoms with Gasteiger partial charge in [0.25, 0.3) is 0 Å². The number of hydrogen-bond donors (Lipinski definition) is 1. The summed E-state index contributed by atoms with van der Waals surface area (Å²) >= 11 is 0. The molecule has 2 N–H and O–H groups in total. The van der Waals surface area contributed by atoms with Crippen LogP contribution in [-0.2, 0) is 12.0 Å². The second-order valence-corrected chi connectivity index (χ2v) is 6.14. The van der Waals surface area contributed by atoms with E-state index in [1.165, 1.54) is 16.7 Å². The van der Waals surface area contributed by atoms with E-state index in [0.29, 0.717) is 0 Å². The molecule has 21 heavy (non-hydrogen) atoms. The maximum atomic E-state index is 6.68. The molecule has 2 unspecified atom stereocenters. The van der Waals surface area contributed by atoms with Crippen molar-refractivity contribution < 1.29 is 4.74 Å². The summed E-state index contributed by atoms with van der Waals surface area (Å²) in [7, 11) is 0. The lowest BCUT2D eigenvalue weighted by atomic mass is 9.82. The molecule has 0 bridgehead atoms. The predicted molar refractivity (Wildman–Crippen MR) is 86.5 cm³/mol. The van der Waals surface area contributed by atoms with Crippen LogP contribution in [0.15, 0.2) is 48.5 Å². The van der Waals surface area contributed by atoms with Gasteiger partial charge in [-0.15, -0.1) is 0 Å². The molecule has 1 aliphatic rings. The molecule has 0 aliphatic carbocycles. The fourth-order valence-electron chi connectivity index (χ4n) is 3.21. The van der Waals surface area contributed by atoms with Gasteiger partial charge in [-0.1, -0.05) is 55.0 Å². The van der Waals surface area contributed by atoms with Crippen molar-refractivity contribution in [3.05, 3.63) is 65.2 Å². The molecule has 3 rings (SSSR count). The standard InChI is InChI=1S/C19H23NO/c1-3-19(20,16-7-5-4-6-8-16)13-17-12-15-11-14(2)9-10-18(15)21-17/h4-11,17H,3,12-13,20H2,1-2H3. The first-order chi connectivity index (χ1) is 10.1. The van der Waals surface area contributed by atoms with Gasteiger partial charge < -0.3 is 10.5 Å². The van der Waals surface area contributed by atoms with E-state index in [4.69, 9.17) is 10.5 Å². The highest BCUT2D eigenvalue weighted by molar-refractivity contribution is 5.40. The van der Waals surface area contributed by atoms with Gasteiger partial charge in [-0.05, 0) is 30.5 Å². The SMILES string of the molecule is CCC(N)(CC1Cc2cc(C)ccc2O1)c1ccccc1. The summed E-state index contributed by atoms with van der Waals surface area (Å²) in [4.78, 5) is 0. The Morgan fingerprint density at radius 3 is 2.67 bits per heavy atom. The zero-order valence-corrected chi connectivity index (χ0v) is 12.8. The number of hydrogen-bond acceptors (Lipinski definition) is 2. The van der Waals surface area contributed by atoms with E-state index >= 15 is 0 Å². The highest BCUT2D eigenvalue weighted by Gasteiger charge is 2.33. The van der Waals surface area contributed by atoms with E-state index in [1.807, 2.05) is 6.07 Å². The van der Waals surface area contributed by atoms with Gasteiger partial charge in [-0.3, -0.25) is 0 Å². The molecule has 0 saturated heterocycles. The molecule has 2 atom stereocenters. The molecular formula is C19H23NO. The number of benzene rings is 2. The number of rotatable bonds is 4. The fourth-order valence-corrected chi connectivity index (χ4v) is 3.21. The lowest BCUT2D eigenvalue weighted by Crippen LogP contribution is -2.40. The minimum absolute atomic E-state index is 0.173. The molecule has 0 fully saturated rings. The van der Waals surface area contributed by atoms with Crippen LogP contribution in [0.25, 0.3) is 0 Å². The third-order valence-electron chi connectivity index (χ3n) is 4.53. The molecule has 0 amide bonds. The summed E-state index contributed by atoms with van der Waals surface area (Å²) in [5, 5.41) is 0. The average molecular weight is 281 g/mol. The van der Waals surface area contributed by atoms with Crippen molar-refractivity contribution in [2.24, 2.45) is 5.73 Å². The second kappa shape index (κ2) is 5.53. The van der Waals surface area contributed by atoms with Gasteiger partial charge in [0.1, 0.15) is 11.9 Å². The van der Waals surface area contributed by atoms with Crippen LogP contribution in [0.1, 0.15) is 36.5 Å². The second-order valence-electron chi connectivity index (χ2n) is 6.14. The highest BCUT2D eigenvalue weighted by atomic mass is 16.5. The summed E-state index contributed by atoms with van der Waals surface area (Å²) in [5.41, 5.74) is 10.2. The Balaban J connectivity index is 1.78. The molecule has 2 nitrogen and oxygen atoms in total. The van der Waals surface area contributed by atoms with Crippen molar-refractivity contribution in [1.29, 1.82) is 0 Å². The summed E-state index contributed by atoms with van der Waals surface area (Å²) in [5.74, 6) is 1.03. The third kappa shape index (κ3) is 2.81. The Morgan fingerprint density at radius 1 is 1.19 bits per heavy atom. The van der Waals surface area contributed by atoms with Gasteiger partial charge in [0.15, 0.2) is 0 Å². The molecule has 0 spiro atoms. The lowest BCUT2D eigenvalue weighted by Gasteiger charge is -2.31. The first kappa shape index (κ1) is 14.2. The predicted octanol–water partition coefficient (Wildman–Crippen LogP) is 3.95. The quantitative estimate of drug-likeness (QED) is 0.921. The van der Waals surface area contributed by atoms with Crippen LogP contribution in [0, 0.1) is 6.92 Å². The van der Waals surface area contributed by atoms with Gasteiger partial charge in [0.2, 0.25) is 0 Å². The minimum Gasteiger partial charge on any atom is -0.490 e. The van der Waals surface area contributed by atoms with Crippen LogP contribution in [0.3, 0.4) is 0 Å². The molecule has 110 valence electrons. The molecule has 0 aromatic heterocycles. The molecule has 0 radical (unpaired) electrons. The van der Waals surface area contributed by atoms with E-state index in [2.05, 4.69) is 56.3 Å². The zero-order valence-electron chi connectivity index (χ0n) is 12.8. The number of nitrogens with two attached hydrogens (primary N) is 1. The average Bonchev–Trinajstić information content (AvgIpc) is 2.89. The van der Waals surface area contributed by atoms with E-state index < -0.39 is 0 Å². The Morgan fingerprint density at radius 2 is 1.95 bits per heavy atom. The Bertz CT molecular complexity index is 623. The van der Waals surface area contributed by atoms with Crippen LogP contribution < -0.4 is 10.5 Å². The van der Waals surface area contributed by atoms with Crippen molar-refractivity contribution in [3.63, 3.8) is 0 Å². The van der Waals surface area contributed by atoms with Gasteiger partial charge in [0, 0.05) is 18.4 Å². The Kier molecular flexibility index (Phi) is 3.73. The van der Waals surface area contributed by atoms with E-state index in [1.54, 1.807) is 0 Å². The summed E-state index contributed by atoms with van der Waals surface area (Å²) in [6.45, 7) is 4.27. The fraction of sp³-hybridized carbons (Fsp3) is 0.368. The molecule has 1 heterocycles. The van der Waals surface area contributed by atoms with Crippen LogP contribution in [0.2, 0.25) is 0 Å². The van der Waals surface area contributed by atoms with Crippen molar-refractivity contribution in [3.8, 4) is 5.75 Å². The summed E-state index contributed by atoms with van der Waals surface area (Å²) in [6.07, 6.45) is 2.89. The molecule has 1 aliphatic heterocycles. The smallest absolute Gasteiger partial charge is 0.123 e. The van der Waals surface area contributed by atoms with Crippen molar-refractivity contribution in [2.75, 3.05) is 0 Å². The van der Waals surface area contributed by atoms with Crippen LogP contribution in [-0.4, -0.2) is 6.10 Å². The third-order valence-corrected chi connectivity index (χ3v) is 4.53. The number of fused-ring (bicyclic) bond motifs is 1. The highest BCUT2D eigenvalue weighted by Crippen LogP contribution is 2.35. The van der Waals surface area contributed by atoms with E-state index in [-0.39, 0.29) is 11.6 Å². The topological polar surface area (TPSA) is 35.2 Å². The normalized spacial score (nSPS) is 19.7.